The molecule has 108 valence electrons. The predicted octanol–water partition coefficient (Wildman–Crippen LogP) is 1.50. The molecule has 0 aliphatic heterocycles. The smallest absolute Gasteiger partial charge is 0.251 e. The van der Waals surface area contributed by atoms with Crippen LogP contribution < -0.4 is 16.4 Å². The van der Waals surface area contributed by atoms with Gasteiger partial charge in [-0.2, -0.15) is 0 Å². The molecule has 1 aliphatic carbocycles. The van der Waals surface area contributed by atoms with Gasteiger partial charge < -0.3 is 16.4 Å². The summed E-state index contributed by atoms with van der Waals surface area (Å²) < 4.78 is 0. The molecule has 2 amide bonds. The van der Waals surface area contributed by atoms with E-state index in [0.717, 1.165) is 25.7 Å². The molecule has 5 heteroatoms. The van der Waals surface area contributed by atoms with Crippen LogP contribution in [-0.4, -0.2) is 24.9 Å². The summed E-state index contributed by atoms with van der Waals surface area (Å²) in [6.07, 6.45) is 3.87. The van der Waals surface area contributed by atoms with E-state index >= 15 is 0 Å². The monoisotopic (exact) mass is 275 g/mol. The lowest BCUT2D eigenvalue weighted by atomic mass is 9.84. The van der Waals surface area contributed by atoms with Crippen LogP contribution in [0.5, 0.6) is 0 Å². The number of hydrogen-bond donors (Lipinski definition) is 3. The lowest BCUT2D eigenvalue weighted by Gasteiger charge is -2.27. The van der Waals surface area contributed by atoms with E-state index in [1.165, 1.54) is 0 Å². The first-order valence-corrected chi connectivity index (χ1v) is 7.00. The third kappa shape index (κ3) is 3.36. The Morgan fingerprint density at radius 3 is 2.70 bits per heavy atom. The van der Waals surface area contributed by atoms with Crippen molar-refractivity contribution < 1.29 is 9.59 Å². The fraction of sp³-hybridized carbons (Fsp3) is 0.467. The van der Waals surface area contributed by atoms with Gasteiger partial charge in [-0.05, 0) is 31.0 Å². The summed E-state index contributed by atoms with van der Waals surface area (Å²) in [6.45, 7) is 0. The molecule has 0 aromatic heterocycles. The summed E-state index contributed by atoms with van der Waals surface area (Å²) in [6, 6.07) is 6.84. The summed E-state index contributed by atoms with van der Waals surface area (Å²) in [5.41, 5.74) is 7.17. The number of rotatable bonds is 3. The zero-order chi connectivity index (χ0) is 14.5. The van der Waals surface area contributed by atoms with E-state index < -0.39 is 0 Å². The highest BCUT2D eigenvalue weighted by Gasteiger charge is 2.28. The van der Waals surface area contributed by atoms with Gasteiger partial charge in [-0.1, -0.05) is 18.9 Å². The van der Waals surface area contributed by atoms with E-state index in [1.807, 2.05) is 0 Å². The van der Waals surface area contributed by atoms with Crippen molar-refractivity contribution in [1.82, 2.24) is 5.32 Å². The van der Waals surface area contributed by atoms with Crippen LogP contribution in [0.15, 0.2) is 24.3 Å². The van der Waals surface area contributed by atoms with Gasteiger partial charge in [0, 0.05) is 24.3 Å². The molecule has 0 radical (unpaired) electrons. The van der Waals surface area contributed by atoms with Gasteiger partial charge in [0.15, 0.2) is 0 Å². The lowest BCUT2D eigenvalue weighted by Crippen LogP contribution is -2.40. The van der Waals surface area contributed by atoms with Crippen molar-refractivity contribution in [2.24, 2.45) is 11.7 Å². The summed E-state index contributed by atoms with van der Waals surface area (Å²) in [5, 5.41) is 5.42. The van der Waals surface area contributed by atoms with Crippen molar-refractivity contribution in [2.75, 3.05) is 12.4 Å². The van der Waals surface area contributed by atoms with E-state index in [-0.39, 0.29) is 23.8 Å². The maximum Gasteiger partial charge on any atom is 0.251 e. The van der Waals surface area contributed by atoms with Gasteiger partial charge in [0.2, 0.25) is 5.91 Å². The van der Waals surface area contributed by atoms with Crippen molar-refractivity contribution >= 4 is 17.5 Å². The Bertz CT molecular complexity index is 502. The average Bonchev–Trinajstić information content (AvgIpc) is 2.47. The molecular formula is C15H21N3O2. The number of amides is 2. The molecule has 0 bridgehead atoms. The molecule has 5 nitrogen and oxygen atoms in total. The highest BCUT2D eigenvalue weighted by atomic mass is 16.2. The topological polar surface area (TPSA) is 84.2 Å². The fourth-order valence-corrected chi connectivity index (χ4v) is 2.60. The molecule has 1 saturated carbocycles. The minimum absolute atomic E-state index is 0.0498. The second kappa shape index (κ2) is 6.52. The Kier molecular flexibility index (Phi) is 4.74. The van der Waals surface area contributed by atoms with Crippen LogP contribution in [0.25, 0.3) is 0 Å². The van der Waals surface area contributed by atoms with E-state index in [1.54, 1.807) is 31.3 Å². The first-order valence-electron chi connectivity index (χ1n) is 7.00. The zero-order valence-corrected chi connectivity index (χ0v) is 11.7. The van der Waals surface area contributed by atoms with Crippen LogP contribution in [0.4, 0.5) is 5.69 Å². The summed E-state index contributed by atoms with van der Waals surface area (Å²) >= 11 is 0. The number of hydrogen-bond acceptors (Lipinski definition) is 3. The van der Waals surface area contributed by atoms with Crippen LogP contribution in [0, 0.1) is 5.92 Å². The number of carbonyl (C=O) groups excluding carboxylic acids is 2. The van der Waals surface area contributed by atoms with Gasteiger partial charge in [0.1, 0.15) is 0 Å². The number of anilines is 1. The normalized spacial score (nSPS) is 22.1. The Morgan fingerprint density at radius 1 is 1.25 bits per heavy atom. The summed E-state index contributed by atoms with van der Waals surface area (Å²) in [7, 11) is 1.58. The van der Waals surface area contributed by atoms with Gasteiger partial charge in [0.05, 0.1) is 5.92 Å². The van der Waals surface area contributed by atoms with Gasteiger partial charge in [-0.3, -0.25) is 9.59 Å². The quantitative estimate of drug-likeness (QED) is 0.781. The molecule has 2 rings (SSSR count). The Morgan fingerprint density at radius 2 is 2.00 bits per heavy atom. The van der Waals surface area contributed by atoms with Crippen LogP contribution in [0.3, 0.4) is 0 Å². The van der Waals surface area contributed by atoms with E-state index in [4.69, 9.17) is 5.73 Å². The molecule has 1 aromatic rings. The molecule has 1 fully saturated rings. The van der Waals surface area contributed by atoms with Crippen molar-refractivity contribution in [2.45, 2.75) is 31.7 Å². The highest BCUT2D eigenvalue weighted by Crippen LogP contribution is 2.24. The summed E-state index contributed by atoms with van der Waals surface area (Å²) in [5.74, 6) is -0.353. The largest absolute Gasteiger partial charge is 0.355 e. The number of nitrogens with two attached hydrogens (primary N) is 1. The Labute approximate surface area is 118 Å². The first kappa shape index (κ1) is 14.5. The molecule has 1 aliphatic rings. The molecule has 2 unspecified atom stereocenters. The van der Waals surface area contributed by atoms with E-state index in [2.05, 4.69) is 10.6 Å². The fourth-order valence-electron chi connectivity index (χ4n) is 2.60. The highest BCUT2D eigenvalue weighted by molar-refractivity contribution is 5.97. The van der Waals surface area contributed by atoms with Crippen LogP contribution in [0.2, 0.25) is 0 Å². The SMILES string of the molecule is CNC(=O)c1cccc(NC(=O)C2CCCCC2N)c1. The third-order valence-corrected chi connectivity index (χ3v) is 3.78. The second-order valence-corrected chi connectivity index (χ2v) is 5.20. The van der Waals surface area contributed by atoms with Gasteiger partial charge in [-0.25, -0.2) is 0 Å². The van der Waals surface area contributed by atoms with E-state index in [9.17, 15) is 9.59 Å². The van der Waals surface area contributed by atoms with E-state index in [0.29, 0.717) is 11.3 Å². The molecule has 1 aromatic carbocycles. The van der Waals surface area contributed by atoms with Crippen LogP contribution in [-0.2, 0) is 4.79 Å². The molecular weight excluding hydrogens is 254 g/mol. The van der Waals surface area contributed by atoms with Crippen molar-refractivity contribution in [3.63, 3.8) is 0 Å². The maximum absolute atomic E-state index is 12.2. The van der Waals surface area contributed by atoms with Gasteiger partial charge in [-0.15, -0.1) is 0 Å². The standard InChI is InChI=1S/C15H21N3O2/c1-17-14(19)10-5-4-6-11(9-10)18-15(20)12-7-2-3-8-13(12)16/h4-6,9,12-13H,2-3,7-8,16H2,1H3,(H,17,19)(H,18,20). The van der Waals surface area contributed by atoms with Crippen molar-refractivity contribution in [3.8, 4) is 0 Å². The minimum atomic E-state index is -0.171. The van der Waals surface area contributed by atoms with Crippen molar-refractivity contribution in [3.05, 3.63) is 29.8 Å². The van der Waals surface area contributed by atoms with Crippen LogP contribution in [0.1, 0.15) is 36.0 Å². The minimum Gasteiger partial charge on any atom is -0.355 e. The molecule has 0 saturated heterocycles. The molecule has 4 N–H and O–H groups in total. The second-order valence-electron chi connectivity index (χ2n) is 5.20. The van der Waals surface area contributed by atoms with Crippen molar-refractivity contribution in [1.29, 1.82) is 0 Å². The molecule has 2 atom stereocenters. The molecule has 20 heavy (non-hydrogen) atoms. The zero-order valence-electron chi connectivity index (χ0n) is 11.7. The molecule has 0 heterocycles. The average molecular weight is 275 g/mol. The number of benzene rings is 1. The molecule has 0 spiro atoms. The Balaban J connectivity index is 2.05. The van der Waals surface area contributed by atoms with Gasteiger partial charge >= 0.3 is 0 Å². The number of nitrogens with one attached hydrogen (secondary N) is 2. The lowest BCUT2D eigenvalue weighted by molar-refractivity contribution is -0.121. The third-order valence-electron chi connectivity index (χ3n) is 3.78. The van der Waals surface area contributed by atoms with Gasteiger partial charge in [0.25, 0.3) is 5.91 Å². The maximum atomic E-state index is 12.2. The number of carbonyl (C=O) groups is 2. The predicted molar refractivity (Wildman–Crippen MR) is 78.4 cm³/mol. The Hall–Kier alpha value is -1.88. The first-order chi connectivity index (χ1) is 9.61. The summed E-state index contributed by atoms with van der Waals surface area (Å²) in [4.78, 5) is 23.8. The van der Waals surface area contributed by atoms with Crippen LogP contribution >= 0.6 is 0 Å².